The molecule has 0 aliphatic rings. The van der Waals surface area contributed by atoms with Crippen LogP contribution in [0.3, 0.4) is 0 Å². The molecule has 1 amide bonds. The molecule has 0 bridgehead atoms. The van der Waals surface area contributed by atoms with E-state index in [1.54, 1.807) is 0 Å². The van der Waals surface area contributed by atoms with Crippen LogP contribution in [0, 0.1) is 0 Å². The lowest BCUT2D eigenvalue weighted by Crippen LogP contribution is -2.21. The first-order chi connectivity index (χ1) is 8.43. The second-order valence-corrected chi connectivity index (χ2v) is 3.74. The minimum Gasteiger partial charge on any atom is -0.353 e. The number of hydrogen-bond acceptors (Lipinski definition) is 1. The van der Waals surface area contributed by atoms with Crippen LogP contribution in [-0.4, -0.2) is 12.5 Å². The second kappa shape index (κ2) is 6.23. The van der Waals surface area contributed by atoms with Crippen LogP contribution in [0.5, 0.6) is 0 Å². The van der Waals surface area contributed by atoms with Gasteiger partial charge in [0.15, 0.2) is 0 Å². The molecule has 0 heterocycles. The number of rotatable bonds is 4. The lowest BCUT2D eigenvalue weighted by Gasteiger charge is -2.05. The highest BCUT2D eigenvalue weighted by Crippen LogP contribution is 2.29. The summed E-state index contributed by atoms with van der Waals surface area (Å²) in [5, 5.41) is 2.63. The van der Waals surface area contributed by atoms with E-state index in [4.69, 9.17) is 0 Å². The van der Waals surface area contributed by atoms with Crippen molar-refractivity contribution >= 4 is 12.0 Å². The standard InChI is InChI=1S/C13H14F3NO/c1-2-9-17-12(18)8-5-10-3-6-11(7-4-10)13(14,15)16/h3-8H,2,9H2,1H3,(H,17,18). The minimum absolute atomic E-state index is 0.253. The molecule has 1 aromatic rings. The molecule has 18 heavy (non-hydrogen) atoms. The van der Waals surface area contributed by atoms with Crippen molar-refractivity contribution in [3.05, 3.63) is 41.5 Å². The second-order valence-electron chi connectivity index (χ2n) is 3.74. The molecule has 0 atom stereocenters. The largest absolute Gasteiger partial charge is 0.416 e. The first-order valence-corrected chi connectivity index (χ1v) is 5.56. The summed E-state index contributed by atoms with van der Waals surface area (Å²) in [6, 6.07) is 4.63. The van der Waals surface area contributed by atoms with E-state index in [9.17, 15) is 18.0 Å². The molecule has 98 valence electrons. The summed E-state index contributed by atoms with van der Waals surface area (Å²) in [5.41, 5.74) is -0.148. The first-order valence-electron chi connectivity index (χ1n) is 5.56. The van der Waals surface area contributed by atoms with Gasteiger partial charge in [-0.15, -0.1) is 0 Å². The van der Waals surface area contributed by atoms with Crippen LogP contribution in [0.25, 0.3) is 6.08 Å². The van der Waals surface area contributed by atoms with E-state index in [-0.39, 0.29) is 5.91 Å². The third kappa shape index (κ3) is 4.61. The Bertz CT molecular complexity index is 421. The highest BCUT2D eigenvalue weighted by Gasteiger charge is 2.29. The normalized spacial score (nSPS) is 11.8. The molecule has 0 spiro atoms. The number of amides is 1. The van der Waals surface area contributed by atoms with E-state index in [1.807, 2.05) is 6.92 Å². The molecule has 0 unspecified atom stereocenters. The van der Waals surface area contributed by atoms with E-state index in [0.29, 0.717) is 12.1 Å². The zero-order chi connectivity index (χ0) is 13.6. The maximum Gasteiger partial charge on any atom is 0.416 e. The summed E-state index contributed by atoms with van der Waals surface area (Å²) in [6.07, 6.45) is -0.718. The van der Waals surface area contributed by atoms with Crippen molar-refractivity contribution in [3.8, 4) is 0 Å². The summed E-state index contributed by atoms with van der Waals surface area (Å²) in [6.45, 7) is 2.51. The van der Waals surface area contributed by atoms with E-state index >= 15 is 0 Å². The van der Waals surface area contributed by atoms with Crippen molar-refractivity contribution in [1.82, 2.24) is 5.32 Å². The fourth-order valence-corrected chi connectivity index (χ4v) is 1.26. The fraction of sp³-hybridized carbons (Fsp3) is 0.308. The van der Waals surface area contributed by atoms with Gasteiger partial charge in [-0.25, -0.2) is 0 Å². The average Bonchev–Trinajstić information content (AvgIpc) is 2.33. The SMILES string of the molecule is CCCNC(=O)C=Cc1ccc(C(F)(F)F)cc1. The topological polar surface area (TPSA) is 29.1 Å². The van der Waals surface area contributed by atoms with Crippen LogP contribution in [0.15, 0.2) is 30.3 Å². The Kier molecular flexibility index (Phi) is 4.95. The number of carbonyl (C=O) groups is 1. The molecule has 0 saturated heterocycles. The molecule has 2 nitrogen and oxygen atoms in total. The van der Waals surface area contributed by atoms with Gasteiger partial charge < -0.3 is 5.32 Å². The molecule has 0 aliphatic heterocycles. The van der Waals surface area contributed by atoms with E-state index in [0.717, 1.165) is 18.6 Å². The quantitative estimate of drug-likeness (QED) is 0.824. The maximum atomic E-state index is 12.3. The number of alkyl halides is 3. The Morgan fingerprint density at radius 2 is 1.89 bits per heavy atom. The van der Waals surface area contributed by atoms with Crippen molar-refractivity contribution < 1.29 is 18.0 Å². The lowest BCUT2D eigenvalue weighted by molar-refractivity contribution is -0.137. The molecule has 1 rings (SSSR count). The predicted octanol–water partition coefficient (Wildman–Crippen LogP) is 3.24. The molecule has 0 radical (unpaired) electrons. The molecule has 1 aromatic carbocycles. The van der Waals surface area contributed by atoms with E-state index in [1.165, 1.54) is 24.3 Å². The van der Waals surface area contributed by atoms with Crippen LogP contribution in [0.1, 0.15) is 24.5 Å². The minimum atomic E-state index is -4.33. The molecule has 0 aromatic heterocycles. The molecule has 0 aliphatic carbocycles. The monoisotopic (exact) mass is 257 g/mol. The molecule has 1 N–H and O–H groups in total. The molecule has 0 fully saturated rings. The van der Waals surface area contributed by atoms with Crippen LogP contribution >= 0.6 is 0 Å². The summed E-state index contributed by atoms with van der Waals surface area (Å²) in [4.78, 5) is 11.2. The fourth-order valence-electron chi connectivity index (χ4n) is 1.26. The van der Waals surface area contributed by atoms with Gasteiger partial charge in [0, 0.05) is 12.6 Å². The summed E-state index contributed by atoms with van der Waals surface area (Å²) in [7, 11) is 0. The highest BCUT2D eigenvalue weighted by atomic mass is 19.4. The van der Waals surface area contributed by atoms with Crippen LogP contribution in [0.4, 0.5) is 13.2 Å². The Balaban J connectivity index is 2.64. The van der Waals surface area contributed by atoms with Crippen LogP contribution in [0.2, 0.25) is 0 Å². The average molecular weight is 257 g/mol. The number of benzene rings is 1. The van der Waals surface area contributed by atoms with Crippen molar-refractivity contribution in [3.63, 3.8) is 0 Å². The Labute approximate surface area is 104 Å². The Morgan fingerprint density at radius 1 is 1.28 bits per heavy atom. The van der Waals surface area contributed by atoms with Crippen molar-refractivity contribution in [2.45, 2.75) is 19.5 Å². The van der Waals surface area contributed by atoms with E-state index < -0.39 is 11.7 Å². The van der Waals surface area contributed by atoms with Gasteiger partial charge in [-0.1, -0.05) is 19.1 Å². The van der Waals surface area contributed by atoms with Crippen molar-refractivity contribution in [2.75, 3.05) is 6.54 Å². The summed E-state index contributed by atoms with van der Waals surface area (Å²) < 4.78 is 36.9. The maximum absolute atomic E-state index is 12.3. The van der Waals surface area contributed by atoms with Crippen LogP contribution < -0.4 is 5.32 Å². The number of nitrogens with one attached hydrogen (secondary N) is 1. The van der Waals surface area contributed by atoms with Gasteiger partial charge in [0.25, 0.3) is 0 Å². The zero-order valence-electron chi connectivity index (χ0n) is 9.92. The third-order valence-electron chi connectivity index (χ3n) is 2.21. The van der Waals surface area contributed by atoms with Gasteiger partial charge in [-0.2, -0.15) is 13.2 Å². The van der Waals surface area contributed by atoms with Crippen molar-refractivity contribution in [2.24, 2.45) is 0 Å². The third-order valence-corrected chi connectivity index (χ3v) is 2.21. The summed E-state index contributed by atoms with van der Waals surface area (Å²) in [5.74, 6) is -0.253. The summed E-state index contributed by atoms with van der Waals surface area (Å²) >= 11 is 0. The molecular weight excluding hydrogens is 243 g/mol. The van der Waals surface area contributed by atoms with Crippen LogP contribution in [-0.2, 0) is 11.0 Å². The van der Waals surface area contributed by atoms with Gasteiger partial charge in [-0.3, -0.25) is 4.79 Å². The van der Waals surface area contributed by atoms with Gasteiger partial charge in [0.2, 0.25) is 5.91 Å². The van der Waals surface area contributed by atoms with Crippen molar-refractivity contribution in [1.29, 1.82) is 0 Å². The smallest absolute Gasteiger partial charge is 0.353 e. The lowest BCUT2D eigenvalue weighted by atomic mass is 10.1. The van der Waals surface area contributed by atoms with Gasteiger partial charge >= 0.3 is 6.18 Å². The predicted molar refractivity (Wildman–Crippen MR) is 63.8 cm³/mol. The van der Waals surface area contributed by atoms with Gasteiger partial charge in [0.1, 0.15) is 0 Å². The Hall–Kier alpha value is -1.78. The number of hydrogen-bond donors (Lipinski definition) is 1. The number of carbonyl (C=O) groups excluding carboxylic acids is 1. The molecular formula is C13H14F3NO. The van der Waals surface area contributed by atoms with E-state index in [2.05, 4.69) is 5.32 Å². The zero-order valence-corrected chi connectivity index (χ0v) is 9.92. The van der Waals surface area contributed by atoms with Gasteiger partial charge in [0.05, 0.1) is 5.56 Å². The van der Waals surface area contributed by atoms with Gasteiger partial charge in [-0.05, 0) is 30.2 Å². The highest BCUT2D eigenvalue weighted by molar-refractivity contribution is 5.91. The molecule has 0 saturated carbocycles. The first kappa shape index (κ1) is 14.3. The Morgan fingerprint density at radius 3 is 2.39 bits per heavy atom. The molecule has 5 heteroatoms. The number of halogens is 3.